The number of esters is 1. The number of hydrogen-bond acceptors (Lipinski definition) is 7. The molecule has 1 rings (SSSR count). The molecule has 0 saturated carbocycles. The van der Waals surface area contributed by atoms with Gasteiger partial charge < -0.3 is 29.0 Å². The summed E-state index contributed by atoms with van der Waals surface area (Å²) in [5, 5.41) is 2.58. The van der Waals surface area contributed by atoms with E-state index in [9.17, 15) is 31.5 Å². The fourth-order valence-corrected chi connectivity index (χ4v) is 2.06. The van der Waals surface area contributed by atoms with Gasteiger partial charge in [-0.1, -0.05) is 0 Å². The van der Waals surface area contributed by atoms with E-state index in [-0.39, 0.29) is 32.3 Å². The van der Waals surface area contributed by atoms with E-state index in [1.54, 1.807) is 0 Å². The first-order valence-corrected chi connectivity index (χ1v) is 9.53. The number of halogens is 5. The molecule has 0 atom stereocenters. The number of hydrogen-bond donors (Lipinski definition) is 1. The summed E-state index contributed by atoms with van der Waals surface area (Å²) in [5.74, 6) is -14.3. The SMILES string of the molecule is CC(=O)NCCOCCOCCOCCOCCC(=O)Oc1c(F)c(F)c(F)c(F)c1F. The van der Waals surface area contributed by atoms with Crippen molar-refractivity contribution in [3.8, 4) is 5.75 Å². The van der Waals surface area contributed by atoms with Crippen molar-refractivity contribution in [3.05, 3.63) is 29.1 Å². The molecule has 0 aliphatic rings. The van der Waals surface area contributed by atoms with Gasteiger partial charge in [0, 0.05) is 13.5 Å². The van der Waals surface area contributed by atoms with Crippen molar-refractivity contribution in [2.75, 3.05) is 59.4 Å². The summed E-state index contributed by atoms with van der Waals surface area (Å²) in [4.78, 5) is 22.1. The molecule has 0 spiro atoms. The molecule has 0 aliphatic heterocycles. The lowest BCUT2D eigenvalue weighted by atomic mass is 10.2. The Kier molecular flexibility index (Phi) is 13.4. The second-order valence-electron chi connectivity index (χ2n) is 6.06. The highest BCUT2D eigenvalue weighted by Crippen LogP contribution is 2.29. The predicted molar refractivity (Wildman–Crippen MR) is 98.4 cm³/mol. The normalized spacial score (nSPS) is 10.9. The van der Waals surface area contributed by atoms with Gasteiger partial charge in [0.1, 0.15) is 0 Å². The van der Waals surface area contributed by atoms with Gasteiger partial charge in [-0.2, -0.15) is 8.78 Å². The summed E-state index contributed by atoms with van der Waals surface area (Å²) in [5.41, 5.74) is 0. The molecule has 182 valence electrons. The van der Waals surface area contributed by atoms with Crippen LogP contribution in [-0.2, 0) is 28.5 Å². The average molecular weight is 473 g/mol. The molecule has 0 unspecified atom stereocenters. The lowest BCUT2D eigenvalue weighted by molar-refractivity contribution is -0.136. The standard InChI is InChI=1S/C19H24F5NO7/c1-12(26)25-3-5-29-7-9-31-11-10-30-8-6-28-4-2-13(27)32-19-17(23)15(21)14(20)16(22)18(19)24/h2-11H2,1H3,(H,25,26). The quantitative estimate of drug-likeness (QED) is 0.0979. The Balaban J connectivity index is 2.03. The van der Waals surface area contributed by atoms with E-state index >= 15 is 0 Å². The molecule has 0 fully saturated rings. The zero-order valence-corrected chi connectivity index (χ0v) is 17.3. The second-order valence-corrected chi connectivity index (χ2v) is 6.06. The fraction of sp³-hybridized carbons (Fsp3) is 0.579. The van der Waals surface area contributed by atoms with Crippen LogP contribution in [-0.4, -0.2) is 71.3 Å². The first-order valence-electron chi connectivity index (χ1n) is 9.53. The maximum absolute atomic E-state index is 13.4. The van der Waals surface area contributed by atoms with E-state index < -0.39 is 47.2 Å². The molecule has 0 aromatic heterocycles. The van der Waals surface area contributed by atoms with Crippen molar-refractivity contribution >= 4 is 11.9 Å². The van der Waals surface area contributed by atoms with Gasteiger partial charge in [0.05, 0.1) is 59.3 Å². The summed E-state index contributed by atoms with van der Waals surface area (Å²) in [6.07, 6.45) is -0.482. The molecular formula is C19H24F5NO7. The van der Waals surface area contributed by atoms with Crippen molar-refractivity contribution < 1.29 is 55.2 Å². The van der Waals surface area contributed by atoms with E-state index in [0.29, 0.717) is 33.0 Å². The topological polar surface area (TPSA) is 92.3 Å². The minimum Gasteiger partial charge on any atom is -0.420 e. The highest BCUT2D eigenvalue weighted by molar-refractivity contribution is 5.73. The van der Waals surface area contributed by atoms with E-state index in [1.165, 1.54) is 6.92 Å². The Labute approximate surface area is 180 Å². The molecule has 8 nitrogen and oxygen atoms in total. The smallest absolute Gasteiger partial charge is 0.313 e. The molecule has 1 aromatic rings. The molecule has 0 saturated heterocycles. The van der Waals surface area contributed by atoms with Crippen LogP contribution in [0, 0.1) is 29.1 Å². The Bertz CT molecular complexity index is 722. The summed E-state index contributed by atoms with van der Waals surface area (Å²) in [6.45, 7) is 3.56. The second kappa shape index (κ2) is 15.5. The maximum Gasteiger partial charge on any atom is 0.313 e. The summed E-state index contributed by atoms with van der Waals surface area (Å²) in [7, 11) is 0. The van der Waals surface area contributed by atoms with Crippen LogP contribution < -0.4 is 10.1 Å². The maximum atomic E-state index is 13.4. The molecule has 0 radical (unpaired) electrons. The number of amides is 1. The van der Waals surface area contributed by atoms with E-state index in [1.807, 2.05) is 0 Å². The number of carbonyl (C=O) groups excluding carboxylic acids is 2. The summed E-state index contributed by atoms with van der Waals surface area (Å²) >= 11 is 0. The number of carbonyl (C=O) groups is 2. The van der Waals surface area contributed by atoms with Crippen LogP contribution in [0.15, 0.2) is 0 Å². The molecule has 13 heteroatoms. The van der Waals surface area contributed by atoms with Gasteiger partial charge in [-0.05, 0) is 0 Å². The minimum absolute atomic E-state index is 0.0854. The van der Waals surface area contributed by atoms with E-state index in [0.717, 1.165) is 0 Å². The van der Waals surface area contributed by atoms with Crippen molar-refractivity contribution in [3.63, 3.8) is 0 Å². The van der Waals surface area contributed by atoms with Crippen LogP contribution in [0.5, 0.6) is 5.75 Å². The third-order valence-corrected chi connectivity index (χ3v) is 3.57. The van der Waals surface area contributed by atoms with Crippen LogP contribution in [0.4, 0.5) is 22.0 Å². The fourth-order valence-electron chi connectivity index (χ4n) is 2.06. The van der Waals surface area contributed by atoms with Gasteiger partial charge in [-0.3, -0.25) is 9.59 Å². The van der Waals surface area contributed by atoms with Crippen LogP contribution in [0.2, 0.25) is 0 Å². The molecule has 1 aromatic carbocycles. The molecule has 1 amide bonds. The molecule has 0 aliphatic carbocycles. The Morgan fingerprint density at radius 3 is 1.53 bits per heavy atom. The molecule has 32 heavy (non-hydrogen) atoms. The molecular weight excluding hydrogens is 449 g/mol. The predicted octanol–water partition coefficient (Wildman–Crippen LogP) is 1.88. The lowest BCUT2D eigenvalue weighted by Gasteiger charge is -2.09. The van der Waals surface area contributed by atoms with Crippen LogP contribution in [0.1, 0.15) is 13.3 Å². The molecule has 0 heterocycles. The Morgan fingerprint density at radius 1 is 0.656 bits per heavy atom. The van der Waals surface area contributed by atoms with Crippen molar-refractivity contribution in [1.82, 2.24) is 5.32 Å². The van der Waals surface area contributed by atoms with Gasteiger partial charge in [0.15, 0.2) is 0 Å². The van der Waals surface area contributed by atoms with Crippen LogP contribution in [0.3, 0.4) is 0 Å². The first-order chi connectivity index (χ1) is 15.3. The summed E-state index contributed by atoms with van der Waals surface area (Å²) in [6, 6.07) is 0. The summed E-state index contributed by atoms with van der Waals surface area (Å²) < 4.78 is 90.8. The minimum atomic E-state index is -2.35. The number of benzene rings is 1. The molecule has 0 bridgehead atoms. The highest BCUT2D eigenvalue weighted by Gasteiger charge is 2.28. The number of nitrogens with one attached hydrogen (secondary N) is 1. The lowest BCUT2D eigenvalue weighted by Crippen LogP contribution is -2.25. The van der Waals surface area contributed by atoms with Gasteiger partial charge in [-0.15, -0.1) is 0 Å². The van der Waals surface area contributed by atoms with Crippen molar-refractivity contribution in [1.29, 1.82) is 0 Å². The number of rotatable bonds is 16. The van der Waals surface area contributed by atoms with Crippen LogP contribution >= 0.6 is 0 Å². The van der Waals surface area contributed by atoms with Crippen molar-refractivity contribution in [2.24, 2.45) is 0 Å². The first kappa shape index (κ1) is 27.7. The van der Waals surface area contributed by atoms with Gasteiger partial charge >= 0.3 is 5.97 Å². The van der Waals surface area contributed by atoms with Crippen molar-refractivity contribution in [2.45, 2.75) is 13.3 Å². The molecule has 1 N–H and O–H groups in total. The third-order valence-electron chi connectivity index (χ3n) is 3.57. The number of ether oxygens (including phenoxy) is 5. The highest BCUT2D eigenvalue weighted by atomic mass is 19.2. The van der Waals surface area contributed by atoms with E-state index in [4.69, 9.17) is 18.9 Å². The van der Waals surface area contributed by atoms with E-state index in [2.05, 4.69) is 10.1 Å². The largest absolute Gasteiger partial charge is 0.420 e. The average Bonchev–Trinajstić information content (AvgIpc) is 2.76. The zero-order valence-electron chi connectivity index (χ0n) is 17.3. The third kappa shape index (κ3) is 10.3. The van der Waals surface area contributed by atoms with Gasteiger partial charge in [0.25, 0.3) is 0 Å². The van der Waals surface area contributed by atoms with Crippen LogP contribution in [0.25, 0.3) is 0 Å². The monoisotopic (exact) mass is 473 g/mol. The van der Waals surface area contributed by atoms with Gasteiger partial charge in [0.2, 0.25) is 40.7 Å². The Hall–Kier alpha value is -2.35. The van der Waals surface area contributed by atoms with Gasteiger partial charge in [-0.25, -0.2) is 13.2 Å². The Morgan fingerprint density at radius 2 is 1.06 bits per heavy atom. The zero-order chi connectivity index (χ0) is 23.9.